The number of likely N-dealkylation sites (tertiary alicyclic amines) is 1. The van der Waals surface area contributed by atoms with E-state index >= 15 is 0 Å². The minimum Gasteiger partial charge on any atom is -0.391 e. The predicted molar refractivity (Wildman–Crippen MR) is 47.2 cm³/mol. The molecule has 1 unspecified atom stereocenters. The number of nitrogens with zero attached hydrogens (tertiary/aromatic N) is 1. The number of rotatable bonds is 1. The van der Waals surface area contributed by atoms with Crippen LogP contribution < -0.4 is 0 Å². The first kappa shape index (κ1) is 9.81. The number of carbonyl (C=O) groups is 1. The number of alkyl halides is 1. The first-order valence-corrected chi connectivity index (χ1v) is 4.79. The van der Waals surface area contributed by atoms with Crippen LogP contribution in [0.3, 0.4) is 0 Å². The van der Waals surface area contributed by atoms with Gasteiger partial charge in [-0.05, 0) is 19.3 Å². The molecule has 1 amide bonds. The Morgan fingerprint density at radius 3 is 3.00 bits per heavy atom. The Hall–Kier alpha value is -0.280. The van der Waals surface area contributed by atoms with Crippen LogP contribution in [0.1, 0.15) is 19.3 Å². The van der Waals surface area contributed by atoms with Crippen LogP contribution in [-0.2, 0) is 4.79 Å². The standard InChI is InChI=1S/C8H14ClNO2/c9-5-8(12)10-4-2-1-3-7(11)6-10/h7,11H,1-6H2. The normalized spacial score (nSPS) is 25.2. The van der Waals surface area contributed by atoms with Gasteiger partial charge in [0.05, 0.1) is 6.10 Å². The van der Waals surface area contributed by atoms with Crippen molar-refractivity contribution in [2.75, 3.05) is 19.0 Å². The summed E-state index contributed by atoms with van der Waals surface area (Å²) < 4.78 is 0. The van der Waals surface area contributed by atoms with Gasteiger partial charge in [-0.3, -0.25) is 4.79 Å². The highest BCUT2D eigenvalue weighted by Crippen LogP contribution is 2.10. The van der Waals surface area contributed by atoms with Crippen molar-refractivity contribution in [3.63, 3.8) is 0 Å². The third kappa shape index (κ3) is 2.64. The Bertz CT molecular complexity index is 163. The lowest BCUT2D eigenvalue weighted by Crippen LogP contribution is -2.37. The quantitative estimate of drug-likeness (QED) is 0.617. The minimum absolute atomic E-state index is 0.0206. The van der Waals surface area contributed by atoms with Crippen molar-refractivity contribution in [2.24, 2.45) is 0 Å². The summed E-state index contributed by atoms with van der Waals surface area (Å²) in [7, 11) is 0. The molecule has 1 N–H and O–H groups in total. The third-order valence-corrected chi connectivity index (χ3v) is 2.34. The van der Waals surface area contributed by atoms with Crippen LogP contribution in [0, 0.1) is 0 Å². The highest BCUT2D eigenvalue weighted by Gasteiger charge is 2.19. The number of hydrogen-bond acceptors (Lipinski definition) is 2. The Labute approximate surface area is 77.3 Å². The molecule has 1 aliphatic heterocycles. The average molecular weight is 192 g/mol. The van der Waals surface area contributed by atoms with Crippen molar-refractivity contribution in [1.82, 2.24) is 4.90 Å². The Morgan fingerprint density at radius 1 is 1.58 bits per heavy atom. The number of hydrogen-bond donors (Lipinski definition) is 1. The summed E-state index contributed by atoms with van der Waals surface area (Å²) in [5.74, 6) is -0.0511. The number of carbonyl (C=O) groups excluding carboxylic acids is 1. The molecule has 0 aromatic rings. The van der Waals surface area contributed by atoms with Gasteiger partial charge < -0.3 is 10.0 Å². The SMILES string of the molecule is O=C(CCl)N1CCCCC(O)C1. The summed E-state index contributed by atoms with van der Waals surface area (Å²) in [4.78, 5) is 12.8. The van der Waals surface area contributed by atoms with E-state index in [1.165, 1.54) is 0 Å². The molecule has 0 spiro atoms. The molecule has 0 radical (unpaired) electrons. The molecule has 0 aromatic carbocycles. The zero-order chi connectivity index (χ0) is 8.97. The topological polar surface area (TPSA) is 40.5 Å². The summed E-state index contributed by atoms with van der Waals surface area (Å²) in [5, 5.41) is 9.37. The van der Waals surface area contributed by atoms with Crippen LogP contribution in [0.25, 0.3) is 0 Å². The van der Waals surface area contributed by atoms with Crippen molar-refractivity contribution in [3.05, 3.63) is 0 Å². The smallest absolute Gasteiger partial charge is 0.237 e. The Kier molecular flexibility index (Phi) is 3.82. The van der Waals surface area contributed by atoms with Gasteiger partial charge in [0.1, 0.15) is 5.88 Å². The molecule has 0 bridgehead atoms. The summed E-state index contributed by atoms with van der Waals surface area (Å²) in [6.07, 6.45) is 2.40. The summed E-state index contributed by atoms with van der Waals surface area (Å²) in [5.41, 5.74) is 0. The van der Waals surface area contributed by atoms with E-state index in [2.05, 4.69) is 0 Å². The number of halogens is 1. The van der Waals surface area contributed by atoms with E-state index in [-0.39, 0.29) is 17.9 Å². The van der Waals surface area contributed by atoms with Crippen molar-refractivity contribution in [3.8, 4) is 0 Å². The predicted octanol–water partition coefficient (Wildman–Crippen LogP) is 0.599. The molecular weight excluding hydrogens is 178 g/mol. The maximum absolute atomic E-state index is 11.1. The molecule has 0 aliphatic carbocycles. The van der Waals surface area contributed by atoms with Crippen molar-refractivity contribution < 1.29 is 9.90 Å². The highest BCUT2D eigenvalue weighted by molar-refractivity contribution is 6.27. The lowest BCUT2D eigenvalue weighted by Gasteiger charge is -2.20. The summed E-state index contributed by atoms with van der Waals surface area (Å²) in [6.45, 7) is 1.19. The first-order chi connectivity index (χ1) is 5.74. The fourth-order valence-electron chi connectivity index (χ4n) is 1.43. The highest BCUT2D eigenvalue weighted by atomic mass is 35.5. The number of aliphatic hydroxyl groups excluding tert-OH is 1. The lowest BCUT2D eigenvalue weighted by atomic mass is 10.2. The molecule has 12 heavy (non-hydrogen) atoms. The Balaban J connectivity index is 2.46. The fourth-order valence-corrected chi connectivity index (χ4v) is 1.60. The Morgan fingerprint density at radius 2 is 2.33 bits per heavy atom. The summed E-state index contributed by atoms with van der Waals surface area (Å²) >= 11 is 5.41. The number of amides is 1. The lowest BCUT2D eigenvalue weighted by molar-refractivity contribution is -0.129. The number of β-amino-alcohol motifs (C(OH)–C–C–N with tert-alkyl or cyclic N) is 1. The van der Waals surface area contributed by atoms with E-state index in [0.29, 0.717) is 6.54 Å². The molecular formula is C8H14ClNO2. The van der Waals surface area contributed by atoms with Gasteiger partial charge in [-0.2, -0.15) is 0 Å². The molecule has 1 saturated heterocycles. The molecule has 3 nitrogen and oxygen atoms in total. The van der Waals surface area contributed by atoms with Gasteiger partial charge in [0.2, 0.25) is 5.91 Å². The molecule has 4 heteroatoms. The largest absolute Gasteiger partial charge is 0.391 e. The number of aliphatic hydroxyl groups is 1. The molecule has 1 fully saturated rings. The van der Waals surface area contributed by atoms with Gasteiger partial charge in [0.25, 0.3) is 0 Å². The van der Waals surface area contributed by atoms with Gasteiger partial charge in [-0.1, -0.05) is 0 Å². The molecule has 1 heterocycles. The third-order valence-electron chi connectivity index (χ3n) is 2.11. The van der Waals surface area contributed by atoms with Crippen molar-refractivity contribution in [1.29, 1.82) is 0 Å². The van der Waals surface area contributed by atoms with E-state index in [0.717, 1.165) is 25.8 Å². The molecule has 1 aliphatic rings. The van der Waals surface area contributed by atoms with Gasteiger partial charge >= 0.3 is 0 Å². The minimum atomic E-state index is -0.361. The van der Waals surface area contributed by atoms with Gasteiger partial charge in [0, 0.05) is 13.1 Å². The van der Waals surface area contributed by atoms with Crippen molar-refractivity contribution in [2.45, 2.75) is 25.4 Å². The second kappa shape index (κ2) is 4.67. The summed E-state index contributed by atoms with van der Waals surface area (Å²) in [6, 6.07) is 0. The van der Waals surface area contributed by atoms with E-state index in [4.69, 9.17) is 11.6 Å². The van der Waals surface area contributed by atoms with Gasteiger partial charge in [0.15, 0.2) is 0 Å². The van der Waals surface area contributed by atoms with Crippen LogP contribution in [-0.4, -0.2) is 41.0 Å². The van der Waals surface area contributed by atoms with E-state index in [9.17, 15) is 9.90 Å². The molecule has 0 aromatic heterocycles. The molecule has 1 rings (SSSR count). The average Bonchev–Trinajstić information content (AvgIpc) is 2.28. The second-order valence-electron chi connectivity index (χ2n) is 3.12. The fraction of sp³-hybridized carbons (Fsp3) is 0.875. The molecule has 1 atom stereocenters. The van der Waals surface area contributed by atoms with Crippen LogP contribution in [0.4, 0.5) is 0 Å². The molecule has 70 valence electrons. The molecule has 0 saturated carbocycles. The second-order valence-corrected chi connectivity index (χ2v) is 3.39. The van der Waals surface area contributed by atoms with Gasteiger partial charge in [-0.25, -0.2) is 0 Å². The zero-order valence-corrected chi connectivity index (χ0v) is 7.76. The van der Waals surface area contributed by atoms with E-state index in [1.54, 1.807) is 4.90 Å². The maximum atomic E-state index is 11.1. The van der Waals surface area contributed by atoms with Crippen LogP contribution in [0.2, 0.25) is 0 Å². The van der Waals surface area contributed by atoms with E-state index in [1.807, 2.05) is 0 Å². The maximum Gasteiger partial charge on any atom is 0.237 e. The van der Waals surface area contributed by atoms with Crippen LogP contribution in [0.15, 0.2) is 0 Å². The van der Waals surface area contributed by atoms with Crippen molar-refractivity contribution >= 4 is 17.5 Å². The van der Waals surface area contributed by atoms with Gasteiger partial charge in [-0.15, -0.1) is 11.6 Å². The zero-order valence-electron chi connectivity index (χ0n) is 7.00. The first-order valence-electron chi connectivity index (χ1n) is 4.26. The van der Waals surface area contributed by atoms with Crippen LogP contribution in [0.5, 0.6) is 0 Å². The monoisotopic (exact) mass is 191 g/mol. The van der Waals surface area contributed by atoms with Crippen LogP contribution >= 0.6 is 11.6 Å². The van der Waals surface area contributed by atoms with E-state index < -0.39 is 0 Å².